The van der Waals surface area contributed by atoms with Crippen molar-refractivity contribution in [1.29, 1.82) is 0 Å². The molecule has 0 bridgehead atoms. The Morgan fingerprint density at radius 2 is 1.89 bits per heavy atom. The first-order chi connectivity index (χ1) is 12.8. The summed E-state index contributed by atoms with van der Waals surface area (Å²) < 4.78 is 46.4. The number of thioether (sulfide) groups is 1. The molecular weight excluding hydrogens is 405 g/mol. The molecule has 2 aromatic carbocycles. The fraction of sp³-hybridized carbons (Fsp3) is 0.188. The van der Waals surface area contributed by atoms with Crippen molar-refractivity contribution in [2.45, 2.75) is 17.0 Å². The van der Waals surface area contributed by atoms with Crippen molar-refractivity contribution in [3.8, 4) is 11.4 Å². The fourth-order valence-corrected chi connectivity index (χ4v) is 3.17. The third-order valence-corrected chi connectivity index (χ3v) is 4.64. The normalized spacial score (nSPS) is 11.6. The van der Waals surface area contributed by atoms with Crippen molar-refractivity contribution in [2.24, 2.45) is 7.05 Å². The number of aromatic nitrogens is 4. The molecule has 0 fully saturated rings. The third-order valence-electron chi connectivity index (χ3n) is 3.49. The molecular formula is C16H12ClF3N4O2S. The summed E-state index contributed by atoms with van der Waals surface area (Å²) in [6, 6.07) is 10.8. The monoisotopic (exact) mass is 416 g/mol. The lowest BCUT2D eigenvalue weighted by atomic mass is 10.2. The van der Waals surface area contributed by atoms with E-state index in [1.54, 1.807) is 24.3 Å². The number of halogens is 4. The van der Waals surface area contributed by atoms with Crippen LogP contribution >= 0.6 is 23.4 Å². The van der Waals surface area contributed by atoms with Crippen LogP contribution in [0, 0.1) is 0 Å². The first-order valence-corrected chi connectivity index (χ1v) is 8.70. The second kappa shape index (κ2) is 7.65. The van der Waals surface area contributed by atoms with Crippen LogP contribution in [0.4, 0.5) is 13.2 Å². The number of aryl methyl sites for hydroxylation is 1. The van der Waals surface area contributed by atoms with E-state index in [0.29, 0.717) is 10.8 Å². The number of para-hydroxylation sites is 1. The Balaban J connectivity index is 2.05. The highest BCUT2D eigenvalue weighted by Crippen LogP contribution is 2.40. The van der Waals surface area contributed by atoms with Gasteiger partial charge in [0, 0.05) is 17.5 Å². The quantitative estimate of drug-likeness (QED) is 0.592. The maximum Gasteiger partial charge on any atom is 0.446 e. The minimum absolute atomic E-state index is 0.107. The van der Waals surface area contributed by atoms with Crippen LogP contribution in [0.2, 0.25) is 5.02 Å². The van der Waals surface area contributed by atoms with Gasteiger partial charge in [-0.3, -0.25) is 0 Å². The van der Waals surface area contributed by atoms with Gasteiger partial charge in [-0.2, -0.15) is 22.5 Å². The second-order valence-corrected chi connectivity index (χ2v) is 6.83. The Hall–Kier alpha value is -2.46. The van der Waals surface area contributed by atoms with Crippen molar-refractivity contribution in [2.75, 3.05) is 0 Å². The van der Waals surface area contributed by atoms with E-state index in [1.165, 1.54) is 25.2 Å². The predicted octanol–water partition coefficient (Wildman–Crippen LogP) is 3.81. The van der Waals surface area contributed by atoms with E-state index in [0.717, 1.165) is 9.36 Å². The van der Waals surface area contributed by atoms with Gasteiger partial charge in [0.2, 0.25) is 0 Å². The number of tetrazole rings is 1. The van der Waals surface area contributed by atoms with Gasteiger partial charge in [-0.1, -0.05) is 29.8 Å². The molecule has 0 saturated carbocycles. The third kappa shape index (κ3) is 4.45. The molecule has 0 atom stereocenters. The summed E-state index contributed by atoms with van der Waals surface area (Å²) in [5, 5.41) is 7.61. The molecule has 3 aromatic rings. The molecule has 3 rings (SSSR count). The van der Waals surface area contributed by atoms with Gasteiger partial charge in [0.1, 0.15) is 12.4 Å². The van der Waals surface area contributed by atoms with Gasteiger partial charge in [-0.05, 0) is 46.5 Å². The van der Waals surface area contributed by atoms with Crippen molar-refractivity contribution in [3.05, 3.63) is 63.5 Å². The fourth-order valence-electron chi connectivity index (χ4n) is 2.29. The number of hydrogen-bond donors (Lipinski definition) is 0. The molecule has 11 heteroatoms. The summed E-state index contributed by atoms with van der Waals surface area (Å²) in [6.07, 6.45) is 0. The summed E-state index contributed by atoms with van der Waals surface area (Å²) >= 11 is 5.74. The minimum Gasteiger partial charge on any atom is -0.487 e. The second-order valence-electron chi connectivity index (χ2n) is 5.32. The molecule has 1 heterocycles. The van der Waals surface area contributed by atoms with Crippen LogP contribution in [0.1, 0.15) is 5.56 Å². The molecule has 142 valence electrons. The maximum absolute atomic E-state index is 13.0. The van der Waals surface area contributed by atoms with E-state index in [1.807, 2.05) is 0 Å². The number of ether oxygens (including phenoxy) is 1. The average Bonchev–Trinajstić information content (AvgIpc) is 2.93. The zero-order chi connectivity index (χ0) is 19.6. The van der Waals surface area contributed by atoms with E-state index in [2.05, 4.69) is 10.4 Å². The van der Waals surface area contributed by atoms with Gasteiger partial charge in [0.15, 0.2) is 0 Å². The molecule has 0 aliphatic heterocycles. The van der Waals surface area contributed by atoms with Crippen LogP contribution in [0.5, 0.6) is 5.75 Å². The highest BCUT2D eigenvalue weighted by molar-refractivity contribution is 8.00. The molecule has 0 saturated heterocycles. The van der Waals surface area contributed by atoms with Gasteiger partial charge in [0.05, 0.1) is 10.7 Å². The van der Waals surface area contributed by atoms with E-state index in [9.17, 15) is 18.0 Å². The lowest BCUT2D eigenvalue weighted by Gasteiger charge is -2.16. The Labute approximate surface area is 160 Å². The summed E-state index contributed by atoms with van der Waals surface area (Å²) in [5.74, 6) is 0.309. The molecule has 0 aliphatic rings. The summed E-state index contributed by atoms with van der Waals surface area (Å²) in [6.45, 7) is -0.249. The van der Waals surface area contributed by atoms with Crippen LogP contribution in [-0.4, -0.2) is 25.3 Å². The van der Waals surface area contributed by atoms with Crippen LogP contribution in [-0.2, 0) is 13.7 Å². The highest BCUT2D eigenvalue weighted by atomic mass is 35.5. The van der Waals surface area contributed by atoms with Crippen LogP contribution in [0.15, 0.2) is 52.2 Å². The first kappa shape index (κ1) is 19.3. The topological polar surface area (TPSA) is 61.9 Å². The van der Waals surface area contributed by atoms with E-state index in [-0.39, 0.29) is 34.5 Å². The lowest BCUT2D eigenvalue weighted by molar-refractivity contribution is -0.0328. The van der Waals surface area contributed by atoms with Crippen molar-refractivity contribution < 1.29 is 17.9 Å². The minimum atomic E-state index is -4.51. The average molecular weight is 417 g/mol. The van der Waals surface area contributed by atoms with Crippen LogP contribution in [0.3, 0.4) is 0 Å². The largest absolute Gasteiger partial charge is 0.487 e. The molecule has 0 N–H and O–H groups in total. The highest BCUT2D eigenvalue weighted by Gasteiger charge is 2.31. The maximum atomic E-state index is 13.0. The Bertz CT molecular complexity index is 1020. The molecule has 27 heavy (non-hydrogen) atoms. The van der Waals surface area contributed by atoms with Gasteiger partial charge in [0.25, 0.3) is 0 Å². The van der Waals surface area contributed by atoms with Crippen LogP contribution < -0.4 is 10.4 Å². The molecule has 0 unspecified atom stereocenters. The first-order valence-electron chi connectivity index (χ1n) is 7.50. The SMILES string of the molecule is Cn1nnn(-c2cccc(SC(F)(F)F)c2COc2ccccc2Cl)c1=O. The molecule has 0 radical (unpaired) electrons. The zero-order valence-corrected chi connectivity index (χ0v) is 15.3. The molecule has 0 aliphatic carbocycles. The molecule has 0 amide bonds. The number of benzene rings is 2. The summed E-state index contributed by atoms with van der Waals surface area (Å²) in [4.78, 5) is 12.0. The molecule has 0 spiro atoms. The zero-order valence-electron chi connectivity index (χ0n) is 13.8. The Morgan fingerprint density at radius 1 is 1.15 bits per heavy atom. The number of alkyl halides is 3. The smallest absolute Gasteiger partial charge is 0.446 e. The van der Waals surface area contributed by atoms with Crippen LogP contribution in [0.25, 0.3) is 5.69 Å². The van der Waals surface area contributed by atoms with Crippen molar-refractivity contribution in [1.82, 2.24) is 19.8 Å². The standard InChI is InChI=1S/C16H12ClF3N4O2S/c1-23-15(25)24(22-21-23)12-6-4-8-14(27-16(18,19)20)10(12)9-26-13-7-3-2-5-11(13)17/h2-8H,9H2,1H3. The van der Waals surface area contributed by atoms with E-state index in [4.69, 9.17) is 16.3 Å². The number of hydrogen-bond acceptors (Lipinski definition) is 5. The van der Waals surface area contributed by atoms with Gasteiger partial charge < -0.3 is 4.74 Å². The van der Waals surface area contributed by atoms with Crippen molar-refractivity contribution in [3.63, 3.8) is 0 Å². The van der Waals surface area contributed by atoms with Crippen molar-refractivity contribution >= 4 is 23.4 Å². The van der Waals surface area contributed by atoms with E-state index >= 15 is 0 Å². The van der Waals surface area contributed by atoms with Gasteiger partial charge in [-0.25, -0.2) is 4.79 Å². The molecule has 1 aromatic heterocycles. The van der Waals surface area contributed by atoms with Gasteiger partial charge >= 0.3 is 11.2 Å². The number of nitrogens with zero attached hydrogens (tertiary/aromatic N) is 4. The summed E-state index contributed by atoms with van der Waals surface area (Å²) in [5.41, 5.74) is -4.81. The summed E-state index contributed by atoms with van der Waals surface area (Å²) in [7, 11) is 1.39. The molecule has 6 nitrogen and oxygen atoms in total. The van der Waals surface area contributed by atoms with E-state index < -0.39 is 11.2 Å². The van der Waals surface area contributed by atoms with Gasteiger partial charge in [-0.15, -0.1) is 0 Å². The predicted molar refractivity (Wildman–Crippen MR) is 94.3 cm³/mol. The lowest BCUT2D eigenvalue weighted by Crippen LogP contribution is -2.23. The Kier molecular flexibility index (Phi) is 5.47. The Morgan fingerprint density at radius 3 is 2.52 bits per heavy atom. The number of rotatable bonds is 5.